The van der Waals surface area contributed by atoms with E-state index in [1.807, 2.05) is 18.3 Å². The number of nitriles is 1. The second-order valence-corrected chi connectivity index (χ2v) is 9.04. The summed E-state index contributed by atoms with van der Waals surface area (Å²) in [5.74, 6) is 1.49. The molecule has 3 aromatic rings. The smallest absolute Gasteiger partial charge is 0.242 e. The molecule has 0 saturated heterocycles. The summed E-state index contributed by atoms with van der Waals surface area (Å²) in [6.07, 6.45) is 7.15. The fourth-order valence-electron chi connectivity index (χ4n) is 5.66. The van der Waals surface area contributed by atoms with Crippen molar-refractivity contribution >= 4 is 22.6 Å². The summed E-state index contributed by atoms with van der Waals surface area (Å²) < 4.78 is 13.8. The Morgan fingerprint density at radius 1 is 1.12 bits per heavy atom. The van der Waals surface area contributed by atoms with Crippen molar-refractivity contribution in [3.63, 3.8) is 0 Å². The highest BCUT2D eigenvalue weighted by Crippen LogP contribution is 2.53. The minimum Gasteiger partial charge on any atom is -0.320 e. The quantitative estimate of drug-likeness (QED) is 0.649. The minimum absolute atomic E-state index is 0.135. The van der Waals surface area contributed by atoms with Crippen LogP contribution in [0.25, 0.3) is 10.9 Å². The normalized spacial score (nSPS) is 25.3. The summed E-state index contributed by atoms with van der Waals surface area (Å²) in [6, 6.07) is 11.4. The van der Waals surface area contributed by atoms with Gasteiger partial charge in [-0.25, -0.2) is 9.37 Å². The van der Waals surface area contributed by atoms with Crippen molar-refractivity contribution < 1.29 is 9.18 Å². The third kappa shape index (κ3) is 3.82. The van der Waals surface area contributed by atoms with Crippen molar-refractivity contribution in [1.82, 2.24) is 9.97 Å². The number of fused-ring (bicyclic) bond motifs is 2. The summed E-state index contributed by atoms with van der Waals surface area (Å²) in [5.41, 5.74) is 8.77. The van der Waals surface area contributed by atoms with Crippen molar-refractivity contribution in [3.8, 4) is 6.07 Å². The van der Waals surface area contributed by atoms with Gasteiger partial charge >= 0.3 is 0 Å². The molecule has 7 heteroatoms. The summed E-state index contributed by atoms with van der Waals surface area (Å²) in [7, 11) is 0. The Labute approximate surface area is 185 Å². The van der Waals surface area contributed by atoms with Gasteiger partial charge in [0.15, 0.2) is 0 Å². The fourth-order valence-corrected chi connectivity index (χ4v) is 5.66. The summed E-state index contributed by atoms with van der Waals surface area (Å²) >= 11 is 0. The van der Waals surface area contributed by atoms with Crippen molar-refractivity contribution in [2.24, 2.45) is 23.5 Å². The van der Waals surface area contributed by atoms with E-state index in [1.54, 1.807) is 24.3 Å². The molecule has 0 bridgehead atoms. The van der Waals surface area contributed by atoms with Crippen molar-refractivity contribution in [2.75, 3.05) is 5.32 Å². The molecule has 0 aliphatic heterocycles. The number of aromatic nitrogens is 2. The van der Waals surface area contributed by atoms with Crippen LogP contribution in [0, 0.1) is 34.9 Å². The number of pyridine rings is 2. The first-order valence-corrected chi connectivity index (χ1v) is 11.0. The van der Waals surface area contributed by atoms with Crippen molar-refractivity contribution in [1.29, 1.82) is 5.26 Å². The molecule has 2 saturated carbocycles. The van der Waals surface area contributed by atoms with Gasteiger partial charge in [-0.3, -0.25) is 9.78 Å². The van der Waals surface area contributed by atoms with Gasteiger partial charge in [-0.05, 0) is 91.3 Å². The second kappa shape index (κ2) is 8.29. The van der Waals surface area contributed by atoms with E-state index in [1.165, 1.54) is 17.8 Å². The number of nitrogens with zero attached hydrogens (tertiary/aromatic N) is 3. The first-order valence-electron chi connectivity index (χ1n) is 11.0. The maximum atomic E-state index is 13.8. The number of hydrogen-bond donors (Lipinski definition) is 2. The predicted molar refractivity (Wildman–Crippen MR) is 119 cm³/mol. The number of amides is 1. The molecule has 0 radical (unpaired) electrons. The maximum absolute atomic E-state index is 13.8. The molecular formula is C25H24FN5O. The van der Waals surface area contributed by atoms with Gasteiger partial charge in [0.1, 0.15) is 17.7 Å². The van der Waals surface area contributed by atoms with Gasteiger partial charge in [-0.15, -0.1) is 0 Å². The zero-order valence-corrected chi connectivity index (χ0v) is 17.5. The first kappa shape index (κ1) is 20.5. The van der Waals surface area contributed by atoms with E-state index in [0.29, 0.717) is 29.1 Å². The molecule has 1 amide bonds. The van der Waals surface area contributed by atoms with Crippen LogP contribution in [-0.2, 0) is 4.79 Å². The molecule has 1 aromatic carbocycles. The van der Waals surface area contributed by atoms with Crippen LogP contribution in [0.2, 0.25) is 0 Å². The SMILES string of the molecule is N#Cc1ccc(NC(=O)C(N)[C@H]2C[C@H]3C[C@@H](c4ccnc5ccc(F)cc45)C[C@H]3C2)nc1. The lowest BCUT2D eigenvalue weighted by molar-refractivity contribution is -0.118. The van der Waals surface area contributed by atoms with Crippen LogP contribution < -0.4 is 11.1 Å². The number of carbonyl (C=O) groups excluding carboxylic acids is 1. The van der Waals surface area contributed by atoms with Gasteiger partial charge in [0.05, 0.1) is 17.1 Å². The molecule has 2 fully saturated rings. The topological polar surface area (TPSA) is 105 Å². The van der Waals surface area contributed by atoms with Crippen LogP contribution in [0.1, 0.15) is 42.7 Å². The molecule has 5 atom stereocenters. The van der Waals surface area contributed by atoms with E-state index < -0.39 is 6.04 Å². The summed E-state index contributed by atoms with van der Waals surface area (Å²) in [5, 5.41) is 12.5. The highest BCUT2D eigenvalue weighted by molar-refractivity contribution is 5.94. The zero-order valence-electron chi connectivity index (χ0n) is 17.5. The molecule has 2 aliphatic carbocycles. The predicted octanol–water partition coefficient (Wildman–Crippen LogP) is 4.13. The Morgan fingerprint density at radius 3 is 2.59 bits per heavy atom. The molecule has 6 nitrogen and oxygen atoms in total. The van der Waals surface area contributed by atoms with Crippen LogP contribution >= 0.6 is 0 Å². The average molecular weight is 429 g/mol. The molecule has 32 heavy (non-hydrogen) atoms. The third-order valence-corrected chi connectivity index (χ3v) is 7.18. The lowest BCUT2D eigenvalue weighted by Crippen LogP contribution is -2.41. The van der Waals surface area contributed by atoms with Crippen LogP contribution in [0.5, 0.6) is 0 Å². The molecule has 1 unspecified atom stereocenters. The zero-order chi connectivity index (χ0) is 22.2. The molecule has 2 aromatic heterocycles. The van der Waals surface area contributed by atoms with Crippen LogP contribution in [-0.4, -0.2) is 21.9 Å². The van der Waals surface area contributed by atoms with E-state index in [2.05, 4.69) is 15.3 Å². The molecule has 162 valence electrons. The Bertz CT molecular complexity index is 1190. The van der Waals surface area contributed by atoms with E-state index in [9.17, 15) is 9.18 Å². The fraction of sp³-hybridized carbons (Fsp3) is 0.360. The minimum atomic E-state index is -0.590. The molecule has 3 N–H and O–H groups in total. The van der Waals surface area contributed by atoms with Gasteiger partial charge in [0.25, 0.3) is 0 Å². The van der Waals surface area contributed by atoms with E-state index in [4.69, 9.17) is 11.0 Å². The Hall–Kier alpha value is -3.37. The van der Waals surface area contributed by atoms with E-state index in [0.717, 1.165) is 36.6 Å². The van der Waals surface area contributed by atoms with Crippen molar-refractivity contribution in [3.05, 3.63) is 65.7 Å². The van der Waals surface area contributed by atoms with Crippen LogP contribution in [0.3, 0.4) is 0 Å². The van der Waals surface area contributed by atoms with Crippen molar-refractivity contribution in [2.45, 2.75) is 37.6 Å². The highest BCUT2D eigenvalue weighted by Gasteiger charge is 2.45. The van der Waals surface area contributed by atoms with Gasteiger partial charge in [-0.2, -0.15) is 5.26 Å². The molecular weight excluding hydrogens is 405 g/mol. The van der Waals surface area contributed by atoms with Crippen LogP contribution in [0.15, 0.2) is 48.8 Å². The standard InChI is InChI=1S/C25H24FN5O/c26-19-2-3-22-21(11-19)20(5-6-29-22)17-7-15-9-18(10-16(15)8-17)24(28)25(32)31-23-4-1-14(12-27)13-30-23/h1-6,11,13,15-18,24H,7-10,28H2,(H,30,31,32)/t15-,16+,17-,18+,24?. The maximum Gasteiger partial charge on any atom is 0.242 e. The van der Waals surface area contributed by atoms with Gasteiger partial charge in [-0.1, -0.05) is 0 Å². The molecule has 0 spiro atoms. The van der Waals surface area contributed by atoms with Gasteiger partial charge in [0, 0.05) is 17.8 Å². The lowest BCUT2D eigenvalue weighted by atomic mass is 9.88. The number of halogens is 1. The summed E-state index contributed by atoms with van der Waals surface area (Å²) in [6.45, 7) is 0. The van der Waals surface area contributed by atoms with Gasteiger partial charge in [0.2, 0.25) is 5.91 Å². The summed E-state index contributed by atoms with van der Waals surface area (Å²) in [4.78, 5) is 21.1. The highest BCUT2D eigenvalue weighted by atomic mass is 19.1. The molecule has 2 heterocycles. The Morgan fingerprint density at radius 2 is 1.91 bits per heavy atom. The number of rotatable bonds is 4. The third-order valence-electron chi connectivity index (χ3n) is 7.18. The molecule has 5 rings (SSSR count). The number of nitrogens with one attached hydrogen (secondary N) is 1. The largest absolute Gasteiger partial charge is 0.320 e. The number of carbonyl (C=O) groups is 1. The number of hydrogen-bond acceptors (Lipinski definition) is 5. The van der Waals surface area contributed by atoms with E-state index in [-0.39, 0.29) is 17.6 Å². The number of benzene rings is 1. The lowest BCUT2D eigenvalue weighted by Gasteiger charge is -2.21. The van der Waals surface area contributed by atoms with E-state index >= 15 is 0 Å². The first-order chi connectivity index (χ1) is 15.5. The number of anilines is 1. The molecule has 2 aliphatic rings. The van der Waals surface area contributed by atoms with Crippen LogP contribution in [0.4, 0.5) is 10.2 Å². The van der Waals surface area contributed by atoms with Gasteiger partial charge < -0.3 is 11.1 Å². The Kier molecular flexibility index (Phi) is 5.32. The second-order valence-electron chi connectivity index (χ2n) is 9.04. The number of nitrogens with two attached hydrogens (primary N) is 1. The monoisotopic (exact) mass is 429 g/mol. The Balaban J connectivity index is 1.23. The average Bonchev–Trinajstić information content (AvgIpc) is 3.38.